The molecule has 2 unspecified atom stereocenters. The summed E-state index contributed by atoms with van der Waals surface area (Å²) in [4.78, 5) is 0. The van der Waals surface area contributed by atoms with E-state index in [1.165, 1.54) is 0 Å². The fraction of sp³-hybridized carbons (Fsp3) is 0.455. The normalized spacial score (nSPS) is 23.0. The minimum atomic E-state index is -0.429. The molecule has 0 aliphatic carbocycles. The summed E-state index contributed by atoms with van der Waals surface area (Å²) in [6.45, 7) is 1.42. The van der Waals surface area contributed by atoms with Crippen molar-refractivity contribution in [3.05, 3.63) is 32.7 Å². The molecule has 1 aromatic carbocycles. The van der Waals surface area contributed by atoms with Crippen molar-refractivity contribution in [2.24, 2.45) is 5.92 Å². The summed E-state index contributed by atoms with van der Waals surface area (Å²) in [5.41, 5.74) is 0.937. The lowest BCUT2D eigenvalue weighted by Crippen LogP contribution is -2.12. The van der Waals surface area contributed by atoms with E-state index in [1.54, 1.807) is 0 Å². The number of halogens is 2. The van der Waals surface area contributed by atoms with Gasteiger partial charge in [0.15, 0.2) is 0 Å². The van der Waals surface area contributed by atoms with Crippen molar-refractivity contribution in [1.82, 2.24) is 0 Å². The summed E-state index contributed by atoms with van der Waals surface area (Å²) in [5, 5.41) is 10.1. The van der Waals surface area contributed by atoms with Crippen LogP contribution in [0.25, 0.3) is 0 Å². The van der Waals surface area contributed by atoms with Gasteiger partial charge in [0.25, 0.3) is 0 Å². The molecule has 0 bridgehead atoms. The maximum atomic E-state index is 10.1. The first-order valence-electron chi connectivity index (χ1n) is 4.88. The first kappa shape index (κ1) is 11.6. The largest absolute Gasteiger partial charge is 0.388 e. The molecular weight excluding hydrogens is 324 g/mol. The van der Waals surface area contributed by atoms with Gasteiger partial charge in [-0.25, -0.2) is 0 Å². The van der Waals surface area contributed by atoms with E-state index in [2.05, 4.69) is 31.9 Å². The second kappa shape index (κ2) is 4.95. The fourth-order valence-corrected chi connectivity index (χ4v) is 3.15. The number of hydrogen-bond donors (Lipinski definition) is 1. The Balaban J connectivity index is 2.20. The maximum Gasteiger partial charge on any atom is 0.0841 e. The van der Waals surface area contributed by atoms with E-state index in [1.807, 2.05) is 18.2 Å². The van der Waals surface area contributed by atoms with Crippen LogP contribution in [0.5, 0.6) is 0 Å². The Morgan fingerprint density at radius 3 is 2.47 bits per heavy atom. The third kappa shape index (κ3) is 2.81. The van der Waals surface area contributed by atoms with Crippen molar-refractivity contribution in [2.75, 3.05) is 13.2 Å². The molecule has 82 valence electrons. The molecule has 1 aromatic rings. The van der Waals surface area contributed by atoms with Gasteiger partial charge in [0.05, 0.1) is 12.7 Å². The summed E-state index contributed by atoms with van der Waals surface area (Å²) in [6, 6.07) is 5.86. The summed E-state index contributed by atoms with van der Waals surface area (Å²) in [7, 11) is 0. The van der Waals surface area contributed by atoms with E-state index in [0.29, 0.717) is 6.61 Å². The molecule has 0 amide bonds. The zero-order chi connectivity index (χ0) is 10.8. The Morgan fingerprint density at radius 2 is 1.93 bits per heavy atom. The quantitative estimate of drug-likeness (QED) is 0.898. The number of rotatable bonds is 2. The van der Waals surface area contributed by atoms with Crippen LogP contribution in [0, 0.1) is 5.92 Å². The maximum absolute atomic E-state index is 10.1. The van der Waals surface area contributed by atoms with Crippen LogP contribution in [0.1, 0.15) is 18.1 Å². The van der Waals surface area contributed by atoms with Gasteiger partial charge in [-0.2, -0.15) is 0 Å². The van der Waals surface area contributed by atoms with E-state index < -0.39 is 6.10 Å². The van der Waals surface area contributed by atoms with Crippen molar-refractivity contribution in [3.8, 4) is 0 Å². The predicted octanol–water partition coefficient (Wildman–Crippen LogP) is 3.28. The van der Waals surface area contributed by atoms with Crippen molar-refractivity contribution in [1.29, 1.82) is 0 Å². The molecule has 2 nitrogen and oxygen atoms in total. The van der Waals surface area contributed by atoms with E-state index in [-0.39, 0.29) is 5.92 Å². The van der Waals surface area contributed by atoms with Crippen LogP contribution in [0.2, 0.25) is 0 Å². The monoisotopic (exact) mass is 334 g/mol. The molecule has 1 N–H and O–H groups in total. The zero-order valence-electron chi connectivity index (χ0n) is 8.12. The average Bonchev–Trinajstić information content (AvgIpc) is 2.67. The van der Waals surface area contributed by atoms with Crippen molar-refractivity contribution in [2.45, 2.75) is 12.5 Å². The second-order valence-electron chi connectivity index (χ2n) is 3.77. The summed E-state index contributed by atoms with van der Waals surface area (Å²) in [6.07, 6.45) is 0.506. The molecule has 2 atom stereocenters. The van der Waals surface area contributed by atoms with Gasteiger partial charge in [0.1, 0.15) is 0 Å². The lowest BCUT2D eigenvalue weighted by Gasteiger charge is -2.17. The Labute approximate surface area is 106 Å². The number of aliphatic hydroxyl groups is 1. The van der Waals surface area contributed by atoms with E-state index >= 15 is 0 Å². The van der Waals surface area contributed by atoms with E-state index in [0.717, 1.165) is 27.5 Å². The lowest BCUT2D eigenvalue weighted by atomic mass is 9.95. The molecule has 0 aromatic heterocycles. The zero-order valence-corrected chi connectivity index (χ0v) is 11.3. The summed E-state index contributed by atoms with van der Waals surface area (Å²) >= 11 is 6.83. The molecule has 1 aliphatic heterocycles. The Bertz CT molecular complexity index is 328. The van der Waals surface area contributed by atoms with E-state index in [4.69, 9.17) is 4.74 Å². The van der Waals surface area contributed by atoms with Crippen molar-refractivity contribution in [3.63, 3.8) is 0 Å². The molecule has 2 rings (SSSR count). The predicted molar refractivity (Wildman–Crippen MR) is 65.7 cm³/mol. The molecule has 1 heterocycles. The van der Waals surface area contributed by atoms with Crippen LogP contribution in [0.3, 0.4) is 0 Å². The van der Waals surface area contributed by atoms with Gasteiger partial charge < -0.3 is 9.84 Å². The Hall–Kier alpha value is 0.1000. The molecule has 1 saturated heterocycles. The minimum Gasteiger partial charge on any atom is -0.388 e. The van der Waals surface area contributed by atoms with Crippen LogP contribution < -0.4 is 0 Å². The molecule has 15 heavy (non-hydrogen) atoms. The SMILES string of the molecule is OC(c1cc(Br)cc(Br)c1)C1CCOC1. The summed E-state index contributed by atoms with van der Waals surface area (Å²) < 4.78 is 7.23. The lowest BCUT2D eigenvalue weighted by molar-refractivity contribution is 0.0917. The highest BCUT2D eigenvalue weighted by Gasteiger charge is 2.25. The van der Waals surface area contributed by atoms with Crippen molar-refractivity contribution < 1.29 is 9.84 Å². The Morgan fingerprint density at radius 1 is 1.27 bits per heavy atom. The van der Waals surface area contributed by atoms with Crippen LogP contribution in [-0.2, 0) is 4.74 Å². The molecular formula is C11H12Br2O2. The standard InChI is InChI=1S/C11H12Br2O2/c12-9-3-8(4-10(13)5-9)11(14)7-1-2-15-6-7/h3-5,7,11,14H,1-2,6H2. The third-order valence-electron chi connectivity index (χ3n) is 2.64. The highest BCUT2D eigenvalue weighted by Crippen LogP contribution is 2.31. The van der Waals surface area contributed by atoms with E-state index in [9.17, 15) is 5.11 Å². The first-order valence-corrected chi connectivity index (χ1v) is 6.47. The minimum absolute atomic E-state index is 0.228. The molecule has 4 heteroatoms. The Kier molecular flexibility index (Phi) is 3.83. The van der Waals surface area contributed by atoms with Gasteiger partial charge in [0, 0.05) is 21.5 Å². The van der Waals surface area contributed by atoms with Gasteiger partial charge >= 0.3 is 0 Å². The number of benzene rings is 1. The highest BCUT2D eigenvalue weighted by atomic mass is 79.9. The molecule has 0 radical (unpaired) electrons. The van der Waals surface area contributed by atoms with Gasteiger partial charge in [-0.1, -0.05) is 31.9 Å². The fourth-order valence-electron chi connectivity index (χ4n) is 1.82. The van der Waals surface area contributed by atoms with Crippen LogP contribution in [0.15, 0.2) is 27.1 Å². The molecule has 0 spiro atoms. The third-order valence-corrected chi connectivity index (χ3v) is 3.55. The number of hydrogen-bond acceptors (Lipinski definition) is 2. The molecule has 1 fully saturated rings. The molecule has 0 saturated carbocycles. The average molecular weight is 336 g/mol. The number of aliphatic hydroxyl groups excluding tert-OH is 1. The number of ether oxygens (including phenoxy) is 1. The second-order valence-corrected chi connectivity index (χ2v) is 5.60. The van der Waals surface area contributed by atoms with Gasteiger partial charge in [0.2, 0.25) is 0 Å². The van der Waals surface area contributed by atoms with Crippen LogP contribution >= 0.6 is 31.9 Å². The highest BCUT2D eigenvalue weighted by molar-refractivity contribution is 9.11. The van der Waals surface area contributed by atoms with Gasteiger partial charge in [-0.15, -0.1) is 0 Å². The molecule has 1 aliphatic rings. The summed E-state index contributed by atoms with van der Waals surface area (Å²) in [5.74, 6) is 0.228. The van der Waals surface area contributed by atoms with Crippen molar-refractivity contribution >= 4 is 31.9 Å². The first-order chi connectivity index (χ1) is 7.16. The van der Waals surface area contributed by atoms with Crippen LogP contribution in [0.4, 0.5) is 0 Å². The van der Waals surface area contributed by atoms with Gasteiger partial charge in [-0.05, 0) is 30.2 Å². The van der Waals surface area contributed by atoms with Gasteiger partial charge in [-0.3, -0.25) is 0 Å². The smallest absolute Gasteiger partial charge is 0.0841 e. The topological polar surface area (TPSA) is 29.5 Å². The van der Waals surface area contributed by atoms with Crippen LogP contribution in [-0.4, -0.2) is 18.3 Å².